The molecule has 4 aromatic heterocycles. The number of benzene rings is 1. The summed E-state index contributed by atoms with van der Waals surface area (Å²) >= 11 is 13.4. The van der Waals surface area contributed by atoms with Gasteiger partial charge in [0.1, 0.15) is 12.3 Å². The molecule has 0 amide bonds. The molecule has 1 N–H and O–H groups in total. The fourth-order valence-corrected chi connectivity index (χ4v) is 5.53. The molecule has 5 aromatic rings. The van der Waals surface area contributed by atoms with Crippen molar-refractivity contribution in [2.24, 2.45) is 0 Å². The summed E-state index contributed by atoms with van der Waals surface area (Å²) in [6.45, 7) is 1.98. The Morgan fingerprint density at radius 2 is 1.87 bits per heavy atom. The normalized spacial score (nSPS) is 11.8. The van der Waals surface area contributed by atoms with Gasteiger partial charge in [0, 0.05) is 29.1 Å². The summed E-state index contributed by atoms with van der Waals surface area (Å²) in [7, 11) is 1.40. The molecule has 0 unspecified atom stereocenters. The number of aromatic hydroxyl groups is 1. The minimum absolute atomic E-state index is 0.0493. The molecule has 0 bridgehead atoms. The van der Waals surface area contributed by atoms with Crippen molar-refractivity contribution in [1.29, 1.82) is 0 Å². The van der Waals surface area contributed by atoms with E-state index in [9.17, 15) is 23.1 Å². The van der Waals surface area contributed by atoms with Crippen LogP contribution in [0.4, 0.5) is 13.2 Å². The maximum absolute atomic E-state index is 13.7. The fraction of sp³-hybridized carbons (Fsp3) is 0.154. The second kappa shape index (κ2) is 10.1. The molecule has 5 rings (SSSR count). The van der Waals surface area contributed by atoms with E-state index < -0.39 is 17.3 Å². The maximum atomic E-state index is 13.7. The van der Waals surface area contributed by atoms with E-state index in [0.29, 0.717) is 16.3 Å². The molecule has 0 spiro atoms. The van der Waals surface area contributed by atoms with Crippen LogP contribution in [-0.2, 0) is 12.7 Å². The zero-order chi connectivity index (χ0) is 28.1. The number of aryl methyl sites for hydroxylation is 1. The molecule has 7 nitrogen and oxygen atoms in total. The molecule has 0 aliphatic carbocycles. The number of thiazole rings is 1. The van der Waals surface area contributed by atoms with Gasteiger partial charge in [-0.3, -0.25) is 4.98 Å². The average Bonchev–Trinajstić information content (AvgIpc) is 3.30. The number of fused-ring (bicyclic) bond motifs is 1. The zero-order valence-electron chi connectivity index (χ0n) is 20.3. The van der Waals surface area contributed by atoms with Crippen molar-refractivity contribution in [3.63, 3.8) is 0 Å². The Labute approximate surface area is 233 Å². The second-order valence-electron chi connectivity index (χ2n) is 8.56. The topological polar surface area (TPSA) is 80.6 Å². The number of rotatable bonds is 5. The van der Waals surface area contributed by atoms with Crippen molar-refractivity contribution in [2.75, 3.05) is 7.11 Å². The Kier molecular flexibility index (Phi) is 7.00. The van der Waals surface area contributed by atoms with Crippen LogP contribution in [0, 0.1) is 6.92 Å². The van der Waals surface area contributed by atoms with Gasteiger partial charge in [-0.2, -0.15) is 22.1 Å². The Balaban J connectivity index is 1.76. The largest absolute Gasteiger partial charge is 0.497 e. The predicted octanol–water partition coefficient (Wildman–Crippen LogP) is 6.17. The summed E-state index contributed by atoms with van der Waals surface area (Å²) in [5, 5.41) is 11.3. The number of aromatic nitrogens is 4. The SMILES string of the molecule is COc1cc(-c2ncc(C(F)(F)F)cc2Cl)cc(-c2c(O)[n+](Cc3cnc(Cl)s3)c3c(C)cccn3c2=O)c1. The van der Waals surface area contributed by atoms with E-state index in [1.165, 1.54) is 41.0 Å². The number of pyridine rings is 2. The van der Waals surface area contributed by atoms with Gasteiger partial charge in [-0.15, -0.1) is 11.3 Å². The van der Waals surface area contributed by atoms with Crippen molar-refractivity contribution in [3.05, 3.63) is 90.8 Å². The summed E-state index contributed by atoms with van der Waals surface area (Å²) in [5.41, 5.74) is 0.210. The van der Waals surface area contributed by atoms with E-state index in [1.54, 1.807) is 23.0 Å². The lowest BCUT2D eigenvalue weighted by molar-refractivity contribution is -0.671. The lowest BCUT2D eigenvalue weighted by atomic mass is 10.0. The van der Waals surface area contributed by atoms with Crippen LogP contribution in [0.15, 0.2) is 59.8 Å². The van der Waals surface area contributed by atoms with Crippen LogP contribution in [-0.4, -0.2) is 26.6 Å². The molecule has 39 heavy (non-hydrogen) atoms. The first-order valence-electron chi connectivity index (χ1n) is 11.3. The summed E-state index contributed by atoms with van der Waals surface area (Å²) in [4.78, 5) is 22.5. The first-order chi connectivity index (χ1) is 18.5. The molecule has 1 aromatic carbocycles. The Morgan fingerprint density at radius 3 is 2.51 bits per heavy atom. The van der Waals surface area contributed by atoms with Crippen molar-refractivity contribution in [3.8, 4) is 34.0 Å². The van der Waals surface area contributed by atoms with Gasteiger partial charge >= 0.3 is 11.7 Å². The highest BCUT2D eigenvalue weighted by molar-refractivity contribution is 7.15. The predicted molar refractivity (Wildman–Crippen MR) is 142 cm³/mol. The number of hydrogen-bond donors (Lipinski definition) is 1. The van der Waals surface area contributed by atoms with Gasteiger partial charge in [0.05, 0.1) is 34.5 Å². The minimum Gasteiger partial charge on any atom is -0.497 e. The smallest absolute Gasteiger partial charge is 0.417 e. The van der Waals surface area contributed by atoms with Gasteiger partial charge in [-0.05, 0) is 43.3 Å². The van der Waals surface area contributed by atoms with E-state index >= 15 is 0 Å². The lowest BCUT2D eigenvalue weighted by Crippen LogP contribution is -2.41. The van der Waals surface area contributed by atoms with Gasteiger partial charge < -0.3 is 9.84 Å². The minimum atomic E-state index is -4.62. The number of alkyl halides is 3. The first kappa shape index (κ1) is 26.9. The molecular formula is C26H18Cl2F3N4O3S+. The van der Waals surface area contributed by atoms with Crippen LogP contribution in [0.1, 0.15) is 16.0 Å². The molecule has 0 atom stereocenters. The molecule has 0 fully saturated rings. The second-order valence-corrected chi connectivity index (χ2v) is 10.7. The van der Waals surface area contributed by atoms with E-state index in [1.807, 2.05) is 13.0 Å². The molecule has 0 radical (unpaired) electrons. The quantitative estimate of drug-likeness (QED) is 0.246. The highest BCUT2D eigenvalue weighted by Crippen LogP contribution is 2.37. The number of halogens is 5. The van der Waals surface area contributed by atoms with E-state index in [-0.39, 0.29) is 45.6 Å². The Morgan fingerprint density at radius 1 is 1.13 bits per heavy atom. The summed E-state index contributed by atoms with van der Waals surface area (Å²) in [6.07, 6.45) is -0.770. The fourth-order valence-electron chi connectivity index (χ4n) is 4.28. The van der Waals surface area contributed by atoms with Crippen molar-refractivity contribution < 1.29 is 27.6 Å². The van der Waals surface area contributed by atoms with E-state index in [0.717, 1.165) is 16.5 Å². The van der Waals surface area contributed by atoms with Gasteiger partial charge in [0.15, 0.2) is 10.0 Å². The van der Waals surface area contributed by atoms with Gasteiger partial charge in [0.2, 0.25) is 0 Å². The van der Waals surface area contributed by atoms with Gasteiger partial charge in [-0.1, -0.05) is 23.2 Å². The summed E-state index contributed by atoms with van der Waals surface area (Å²) in [6, 6.07) is 8.87. The van der Waals surface area contributed by atoms with E-state index in [4.69, 9.17) is 27.9 Å². The monoisotopic (exact) mass is 593 g/mol. The highest BCUT2D eigenvalue weighted by atomic mass is 35.5. The number of nitrogens with zero attached hydrogens (tertiary/aromatic N) is 4. The van der Waals surface area contributed by atoms with Crippen molar-refractivity contribution in [2.45, 2.75) is 19.6 Å². The molecular weight excluding hydrogens is 576 g/mol. The molecule has 0 aliphatic rings. The number of hydrogen-bond acceptors (Lipinski definition) is 6. The average molecular weight is 594 g/mol. The summed E-state index contributed by atoms with van der Waals surface area (Å²) < 4.78 is 48.2. The van der Waals surface area contributed by atoms with Crippen LogP contribution in [0.3, 0.4) is 0 Å². The summed E-state index contributed by atoms with van der Waals surface area (Å²) in [5.74, 6) is -0.0568. The third-order valence-electron chi connectivity index (χ3n) is 6.04. The van der Waals surface area contributed by atoms with Crippen LogP contribution in [0.5, 0.6) is 11.6 Å². The molecule has 200 valence electrons. The van der Waals surface area contributed by atoms with Crippen LogP contribution in [0.25, 0.3) is 28.0 Å². The zero-order valence-corrected chi connectivity index (χ0v) is 22.6. The highest BCUT2D eigenvalue weighted by Gasteiger charge is 2.32. The molecule has 4 heterocycles. The molecule has 13 heteroatoms. The maximum Gasteiger partial charge on any atom is 0.417 e. The van der Waals surface area contributed by atoms with Crippen molar-refractivity contribution >= 4 is 40.2 Å². The Hall–Kier alpha value is -3.67. The van der Waals surface area contributed by atoms with Crippen molar-refractivity contribution in [1.82, 2.24) is 14.4 Å². The third-order valence-corrected chi connectivity index (χ3v) is 7.43. The number of ether oxygens (including phenoxy) is 1. The van der Waals surface area contributed by atoms with Gasteiger partial charge in [-0.25, -0.2) is 9.78 Å². The van der Waals surface area contributed by atoms with Crippen LogP contribution >= 0.6 is 34.5 Å². The number of methoxy groups -OCH3 is 1. The van der Waals surface area contributed by atoms with E-state index in [2.05, 4.69) is 9.97 Å². The molecule has 0 saturated carbocycles. The third kappa shape index (κ3) is 5.05. The molecule has 0 saturated heterocycles. The van der Waals surface area contributed by atoms with Crippen LogP contribution in [0.2, 0.25) is 9.49 Å². The standard InChI is InChI=1S/C26H17Cl2F3N4O3S/c1-13-4-3-5-34-22(13)35(12-18-11-33-25(28)39-18)24(37)20(23(34)36)14-6-15(8-17(7-14)38-2)21-19(27)9-16(10-32-21)26(29,30)31/h3-11H,12H2,1-2H3/p+1. The lowest BCUT2D eigenvalue weighted by Gasteiger charge is -2.14. The molecule has 0 aliphatic heterocycles. The first-order valence-corrected chi connectivity index (χ1v) is 12.8. The van der Waals surface area contributed by atoms with Gasteiger partial charge in [0.25, 0.3) is 11.5 Å². The van der Waals surface area contributed by atoms with Crippen LogP contribution < -0.4 is 14.9 Å². The Bertz CT molecular complexity index is 1800.